The maximum absolute atomic E-state index is 11.8. The molecule has 5 unspecified atom stereocenters. The van der Waals surface area contributed by atoms with Crippen LogP contribution in [0.1, 0.15) is 46.0 Å². The first-order valence-corrected chi connectivity index (χ1v) is 6.90. The van der Waals surface area contributed by atoms with Crippen molar-refractivity contribution in [2.75, 3.05) is 0 Å². The Bertz CT molecular complexity index is 373. The van der Waals surface area contributed by atoms with Gasteiger partial charge in [-0.1, -0.05) is 13.0 Å². The van der Waals surface area contributed by atoms with E-state index in [9.17, 15) is 4.79 Å². The number of fused-ring (bicyclic) bond motifs is 5. The topological polar surface area (TPSA) is 26.3 Å². The Labute approximate surface area is 103 Å². The molecule has 2 heteroatoms. The van der Waals surface area contributed by atoms with E-state index >= 15 is 0 Å². The molecule has 5 atom stereocenters. The first kappa shape index (κ1) is 11.3. The van der Waals surface area contributed by atoms with Gasteiger partial charge in [0.05, 0.1) is 0 Å². The van der Waals surface area contributed by atoms with Gasteiger partial charge in [0.25, 0.3) is 0 Å². The molecule has 2 nitrogen and oxygen atoms in total. The third-order valence-corrected chi connectivity index (χ3v) is 5.43. The highest BCUT2D eigenvalue weighted by Gasteiger charge is 2.60. The molecular formula is C15H22O2. The molecule has 17 heavy (non-hydrogen) atoms. The van der Waals surface area contributed by atoms with Crippen molar-refractivity contribution >= 4 is 5.97 Å². The maximum Gasteiger partial charge on any atom is 0.333 e. The molecule has 2 bridgehead atoms. The van der Waals surface area contributed by atoms with Crippen molar-refractivity contribution in [3.8, 4) is 0 Å². The quantitative estimate of drug-likeness (QED) is 0.541. The van der Waals surface area contributed by atoms with Gasteiger partial charge in [-0.15, -0.1) is 0 Å². The number of hydrogen-bond acceptors (Lipinski definition) is 2. The van der Waals surface area contributed by atoms with E-state index in [1.54, 1.807) is 6.92 Å². The minimum atomic E-state index is -0.202. The lowest BCUT2D eigenvalue weighted by Crippen LogP contribution is -2.42. The van der Waals surface area contributed by atoms with Crippen LogP contribution in [-0.4, -0.2) is 11.6 Å². The Balaban J connectivity index is 1.77. The number of esters is 1. The van der Waals surface area contributed by atoms with Crippen LogP contribution in [0.4, 0.5) is 0 Å². The average Bonchev–Trinajstić information content (AvgIpc) is 2.86. The molecule has 0 spiro atoms. The van der Waals surface area contributed by atoms with Crippen LogP contribution in [0.25, 0.3) is 0 Å². The van der Waals surface area contributed by atoms with Gasteiger partial charge < -0.3 is 4.74 Å². The molecule has 0 saturated heterocycles. The summed E-state index contributed by atoms with van der Waals surface area (Å²) in [5.74, 6) is 3.00. The lowest BCUT2D eigenvalue weighted by molar-refractivity contribution is -0.161. The molecule has 0 amide bonds. The molecule has 0 N–H and O–H groups in total. The van der Waals surface area contributed by atoms with E-state index in [0.29, 0.717) is 11.5 Å². The van der Waals surface area contributed by atoms with Gasteiger partial charge in [-0.2, -0.15) is 0 Å². The lowest BCUT2D eigenvalue weighted by Gasteiger charge is -2.39. The minimum Gasteiger partial charge on any atom is -0.456 e. The van der Waals surface area contributed by atoms with E-state index in [1.807, 2.05) is 0 Å². The summed E-state index contributed by atoms with van der Waals surface area (Å²) in [7, 11) is 0. The number of ether oxygens (including phenoxy) is 1. The smallest absolute Gasteiger partial charge is 0.333 e. The molecule has 0 aromatic carbocycles. The third-order valence-electron chi connectivity index (χ3n) is 5.43. The lowest BCUT2D eigenvalue weighted by atomic mass is 9.73. The monoisotopic (exact) mass is 234 g/mol. The Hall–Kier alpha value is -0.790. The van der Waals surface area contributed by atoms with Gasteiger partial charge in [0.2, 0.25) is 0 Å². The zero-order valence-electron chi connectivity index (χ0n) is 10.9. The molecule has 3 saturated carbocycles. The van der Waals surface area contributed by atoms with Gasteiger partial charge in [-0.05, 0) is 57.3 Å². The van der Waals surface area contributed by atoms with Crippen molar-refractivity contribution in [3.05, 3.63) is 12.2 Å². The van der Waals surface area contributed by atoms with E-state index in [-0.39, 0.29) is 11.6 Å². The van der Waals surface area contributed by atoms with Crippen LogP contribution >= 0.6 is 0 Å². The molecule has 0 aromatic heterocycles. The molecule has 0 radical (unpaired) electrons. The van der Waals surface area contributed by atoms with Crippen LogP contribution in [-0.2, 0) is 9.53 Å². The van der Waals surface area contributed by atoms with E-state index < -0.39 is 0 Å². The first-order chi connectivity index (χ1) is 8.01. The molecule has 94 valence electrons. The van der Waals surface area contributed by atoms with Crippen LogP contribution in [0.2, 0.25) is 0 Å². The maximum atomic E-state index is 11.8. The summed E-state index contributed by atoms with van der Waals surface area (Å²) < 4.78 is 5.76. The molecule has 0 aromatic rings. The highest BCUT2D eigenvalue weighted by molar-refractivity contribution is 5.87. The van der Waals surface area contributed by atoms with Gasteiger partial charge in [0, 0.05) is 11.5 Å². The van der Waals surface area contributed by atoms with Crippen molar-refractivity contribution in [3.63, 3.8) is 0 Å². The van der Waals surface area contributed by atoms with Crippen LogP contribution in [0, 0.1) is 23.7 Å². The van der Waals surface area contributed by atoms with E-state index in [1.165, 1.54) is 25.7 Å². The summed E-state index contributed by atoms with van der Waals surface area (Å²) >= 11 is 0. The predicted molar refractivity (Wildman–Crippen MR) is 66.4 cm³/mol. The highest BCUT2D eigenvalue weighted by Crippen LogP contribution is 2.63. The van der Waals surface area contributed by atoms with E-state index in [0.717, 1.165) is 24.2 Å². The fourth-order valence-corrected chi connectivity index (χ4v) is 4.80. The SMILES string of the molecule is C=C(C)C(=O)OC1(C)CC2CC1C1CCCC21. The summed E-state index contributed by atoms with van der Waals surface area (Å²) in [5.41, 5.74) is 0.323. The van der Waals surface area contributed by atoms with Gasteiger partial charge in [0.1, 0.15) is 5.60 Å². The predicted octanol–water partition coefficient (Wildman–Crippen LogP) is 3.32. The summed E-state index contributed by atoms with van der Waals surface area (Å²) in [4.78, 5) is 11.8. The fraction of sp³-hybridized carbons (Fsp3) is 0.800. The van der Waals surface area contributed by atoms with Crippen LogP contribution in [0.15, 0.2) is 12.2 Å². The van der Waals surface area contributed by atoms with Crippen LogP contribution < -0.4 is 0 Å². The molecule has 3 aliphatic rings. The Morgan fingerprint density at radius 1 is 1.35 bits per heavy atom. The number of carbonyl (C=O) groups excluding carboxylic acids is 1. The van der Waals surface area contributed by atoms with Gasteiger partial charge in [0.15, 0.2) is 0 Å². The van der Waals surface area contributed by atoms with Crippen molar-refractivity contribution in [2.45, 2.75) is 51.6 Å². The summed E-state index contributed by atoms with van der Waals surface area (Å²) in [6.45, 7) is 7.56. The fourth-order valence-electron chi connectivity index (χ4n) is 4.80. The van der Waals surface area contributed by atoms with Gasteiger partial charge in [-0.3, -0.25) is 0 Å². The standard InChI is InChI=1S/C15H22O2/c1-9(2)14(16)17-15(3)8-10-7-13(15)12-6-4-5-11(10)12/h10-13H,1,4-8H2,2-3H3. The largest absolute Gasteiger partial charge is 0.456 e. The van der Waals surface area contributed by atoms with Crippen LogP contribution in [0.5, 0.6) is 0 Å². The highest BCUT2D eigenvalue weighted by atomic mass is 16.6. The second-order valence-electron chi connectivity index (χ2n) is 6.55. The third kappa shape index (κ3) is 1.56. The summed E-state index contributed by atoms with van der Waals surface area (Å²) in [6, 6.07) is 0. The Kier molecular flexibility index (Phi) is 2.39. The van der Waals surface area contributed by atoms with E-state index in [2.05, 4.69) is 13.5 Å². The van der Waals surface area contributed by atoms with E-state index in [4.69, 9.17) is 4.74 Å². The Morgan fingerprint density at radius 3 is 2.76 bits per heavy atom. The normalized spacial score (nSPS) is 46.9. The second-order valence-corrected chi connectivity index (χ2v) is 6.55. The summed E-state index contributed by atoms with van der Waals surface area (Å²) in [5, 5.41) is 0. The first-order valence-electron chi connectivity index (χ1n) is 6.90. The molecule has 0 heterocycles. The van der Waals surface area contributed by atoms with Crippen LogP contribution in [0.3, 0.4) is 0 Å². The zero-order chi connectivity index (χ0) is 12.2. The average molecular weight is 234 g/mol. The number of carbonyl (C=O) groups is 1. The van der Waals surface area contributed by atoms with Crippen molar-refractivity contribution in [1.82, 2.24) is 0 Å². The number of hydrogen-bond donors (Lipinski definition) is 0. The molecular weight excluding hydrogens is 212 g/mol. The van der Waals surface area contributed by atoms with Gasteiger partial charge >= 0.3 is 5.97 Å². The second kappa shape index (κ2) is 3.60. The molecule has 3 rings (SSSR count). The zero-order valence-corrected chi connectivity index (χ0v) is 10.9. The van der Waals surface area contributed by atoms with Crippen molar-refractivity contribution < 1.29 is 9.53 Å². The number of rotatable bonds is 2. The van der Waals surface area contributed by atoms with Crippen molar-refractivity contribution in [1.29, 1.82) is 0 Å². The van der Waals surface area contributed by atoms with Crippen molar-refractivity contribution in [2.24, 2.45) is 23.7 Å². The minimum absolute atomic E-state index is 0.199. The molecule has 0 aliphatic heterocycles. The Morgan fingerprint density at radius 2 is 2.06 bits per heavy atom. The summed E-state index contributed by atoms with van der Waals surface area (Å²) in [6.07, 6.45) is 6.52. The van der Waals surface area contributed by atoms with Gasteiger partial charge in [-0.25, -0.2) is 4.79 Å². The molecule has 3 fully saturated rings. The molecule has 3 aliphatic carbocycles.